The largest absolute Gasteiger partial charge is 0.491 e. The number of allylic oxidation sites excluding steroid dienone is 2. The molecule has 1 aromatic rings. The lowest BCUT2D eigenvalue weighted by Crippen LogP contribution is -2.14. The Hall–Kier alpha value is -1.90. The topological polar surface area (TPSA) is 35.5 Å². The van der Waals surface area contributed by atoms with Gasteiger partial charge in [0.1, 0.15) is 11.6 Å². The van der Waals surface area contributed by atoms with Crippen molar-refractivity contribution in [2.24, 2.45) is 17.3 Å². The number of methoxy groups -OCH3 is 1. The maximum absolute atomic E-state index is 14.3. The predicted molar refractivity (Wildman–Crippen MR) is 92.8 cm³/mol. The van der Waals surface area contributed by atoms with Crippen LogP contribution in [0.4, 0.5) is 26.3 Å². The third kappa shape index (κ3) is 4.34. The average Bonchev–Trinajstić information content (AvgIpc) is 3.16. The molecule has 2 rings (SSSR count). The van der Waals surface area contributed by atoms with Crippen molar-refractivity contribution in [1.29, 1.82) is 0 Å². The summed E-state index contributed by atoms with van der Waals surface area (Å²) in [5.74, 6) is -7.68. The lowest BCUT2D eigenvalue weighted by molar-refractivity contribution is -0.147. The van der Waals surface area contributed by atoms with Crippen molar-refractivity contribution in [3.8, 4) is 5.75 Å². The highest BCUT2D eigenvalue weighted by Crippen LogP contribution is 2.60. The van der Waals surface area contributed by atoms with E-state index in [4.69, 9.17) is 16.3 Å². The van der Waals surface area contributed by atoms with Gasteiger partial charge in [-0.15, -0.1) is 0 Å². The molecule has 0 N–H and O–H groups in total. The molecule has 0 unspecified atom stereocenters. The van der Waals surface area contributed by atoms with Crippen molar-refractivity contribution >= 4 is 17.6 Å². The molecule has 10 heteroatoms. The Balaban J connectivity index is 2.22. The van der Waals surface area contributed by atoms with Crippen molar-refractivity contribution in [2.75, 3.05) is 7.11 Å². The van der Waals surface area contributed by atoms with E-state index in [2.05, 4.69) is 4.74 Å². The second kappa shape index (κ2) is 8.08. The summed E-state index contributed by atoms with van der Waals surface area (Å²) < 4.78 is 89.9. The molecule has 162 valence electrons. The molecule has 0 radical (unpaired) electrons. The van der Waals surface area contributed by atoms with Gasteiger partial charge in [-0.05, 0) is 17.8 Å². The lowest BCUT2D eigenvalue weighted by atomic mass is 10.0. The molecule has 0 amide bonds. The van der Waals surface area contributed by atoms with E-state index in [1.54, 1.807) is 13.8 Å². The molecule has 0 aliphatic heterocycles. The number of carbonyl (C=O) groups is 1. The van der Waals surface area contributed by atoms with Gasteiger partial charge in [-0.1, -0.05) is 38.4 Å². The van der Waals surface area contributed by atoms with Crippen LogP contribution >= 0.6 is 11.6 Å². The number of rotatable bonds is 6. The quantitative estimate of drug-likeness (QED) is 0.322. The summed E-state index contributed by atoms with van der Waals surface area (Å²) in [7, 11) is 0.981. The molecule has 1 aliphatic carbocycles. The van der Waals surface area contributed by atoms with E-state index in [0.29, 0.717) is 0 Å². The van der Waals surface area contributed by atoms with Gasteiger partial charge < -0.3 is 9.47 Å². The van der Waals surface area contributed by atoms with Crippen molar-refractivity contribution < 1.29 is 40.6 Å². The molecule has 0 saturated heterocycles. The molecule has 0 bridgehead atoms. The van der Waals surface area contributed by atoms with Crippen LogP contribution in [0.25, 0.3) is 0 Å². The summed E-state index contributed by atoms with van der Waals surface area (Å²) in [6.07, 6.45) is -4.04. The van der Waals surface area contributed by atoms with Crippen LogP contribution in [0.3, 0.4) is 0 Å². The molecule has 1 aromatic carbocycles. The lowest BCUT2D eigenvalue weighted by Gasteiger charge is -2.15. The fourth-order valence-electron chi connectivity index (χ4n) is 3.35. The predicted octanol–water partition coefficient (Wildman–Crippen LogP) is 5.68. The second-order valence-corrected chi connectivity index (χ2v) is 7.64. The molecule has 0 spiro atoms. The molecular formula is C19H19ClF6O3. The van der Waals surface area contributed by atoms with Gasteiger partial charge in [-0.2, -0.15) is 17.6 Å². The first kappa shape index (κ1) is 23.4. The fraction of sp³-hybridized carbons (Fsp3) is 0.526. The summed E-state index contributed by atoms with van der Waals surface area (Å²) in [4.78, 5) is 12.3. The zero-order valence-electron chi connectivity index (χ0n) is 16.0. The Kier molecular flexibility index (Phi) is 6.52. The molecule has 1 aliphatic rings. The first-order chi connectivity index (χ1) is 13.3. The van der Waals surface area contributed by atoms with Gasteiger partial charge >= 0.3 is 12.1 Å². The Morgan fingerprint density at radius 1 is 1.14 bits per heavy atom. The molecule has 0 aromatic heterocycles. The summed E-state index contributed by atoms with van der Waals surface area (Å²) in [6.45, 7) is 3.81. The zero-order chi connectivity index (χ0) is 22.3. The van der Waals surface area contributed by atoms with Crippen LogP contribution in [0.5, 0.6) is 5.75 Å². The van der Waals surface area contributed by atoms with Gasteiger partial charge in [0.2, 0.25) is 5.82 Å². The van der Waals surface area contributed by atoms with Gasteiger partial charge in [0.05, 0.1) is 13.0 Å². The number of carbonyl (C=O) groups excluding carboxylic acids is 1. The van der Waals surface area contributed by atoms with Crippen LogP contribution in [0, 0.1) is 34.7 Å². The standard InChI is InChI=1S/C19H19ClF6O3/c1-5-8-9(13(21)15(23)16(28-4)14(8)22)7-29-17(27)12-10(18(12,2)3)6-11(20)19(24,25)26/h6,10,12H,5,7H2,1-4H3/b11-6-/t10-,12-/m1/s1. The van der Waals surface area contributed by atoms with Crippen LogP contribution in [0.15, 0.2) is 11.1 Å². The molecule has 2 atom stereocenters. The number of hydrogen-bond acceptors (Lipinski definition) is 3. The maximum atomic E-state index is 14.3. The molecule has 1 saturated carbocycles. The normalized spacial score (nSPS) is 21.1. The highest BCUT2D eigenvalue weighted by Gasteiger charge is 2.62. The van der Waals surface area contributed by atoms with Crippen molar-refractivity contribution in [3.63, 3.8) is 0 Å². The third-order valence-electron chi connectivity index (χ3n) is 5.16. The minimum Gasteiger partial charge on any atom is -0.491 e. The van der Waals surface area contributed by atoms with E-state index < -0.39 is 69.8 Å². The number of alkyl halides is 3. The van der Waals surface area contributed by atoms with Crippen molar-refractivity contribution in [3.05, 3.63) is 39.7 Å². The van der Waals surface area contributed by atoms with Crippen LogP contribution < -0.4 is 4.74 Å². The molecule has 0 heterocycles. The van der Waals surface area contributed by atoms with E-state index in [1.165, 1.54) is 6.92 Å². The van der Waals surface area contributed by atoms with Gasteiger partial charge in [-0.3, -0.25) is 4.79 Å². The average molecular weight is 445 g/mol. The van der Waals surface area contributed by atoms with Gasteiger partial charge in [0.25, 0.3) is 0 Å². The second-order valence-electron chi connectivity index (χ2n) is 7.23. The van der Waals surface area contributed by atoms with Crippen LogP contribution in [0.2, 0.25) is 0 Å². The molecule has 3 nitrogen and oxygen atoms in total. The van der Waals surface area contributed by atoms with Crippen LogP contribution in [-0.4, -0.2) is 19.3 Å². The number of benzene rings is 1. The Bertz CT molecular complexity index is 848. The number of ether oxygens (including phenoxy) is 2. The summed E-state index contributed by atoms with van der Waals surface area (Å²) in [5, 5.41) is -1.36. The SMILES string of the molecule is CCc1c(F)c(OC)c(F)c(F)c1COC(=O)[C@H]1[C@@H](/C=C(\Cl)C(F)(F)F)C1(C)C. The highest BCUT2D eigenvalue weighted by atomic mass is 35.5. The maximum Gasteiger partial charge on any atom is 0.426 e. The molecular weight excluding hydrogens is 426 g/mol. The minimum atomic E-state index is -4.74. The van der Waals surface area contributed by atoms with Crippen LogP contribution in [0.1, 0.15) is 31.9 Å². The first-order valence-corrected chi connectivity index (χ1v) is 9.00. The Labute approximate surface area is 168 Å². The Morgan fingerprint density at radius 3 is 2.21 bits per heavy atom. The smallest absolute Gasteiger partial charge is 0.426 e. The number of halogens is 7. The number of hydrogen-bond donors (Lipinski definition) is 0. The fourth-order valence-corrected chi connectivity index (χ4v) is 3.49. The zero-order valence-corrected chi connectivity index (χ0v) is 16.8. The molecule has 29 heavy (non-hydrogen) atoms. The van der Waals surface area contributed by atoms with E-state index in [0.717, 1.165) is 13.2 Å². The van der Waals surface area contributed by atoms with Crippen molar-refractivity contribution in [2.45, 2.75) is 40.0 Å². The van der Waals surface area contributed by atoms with Gasteiger partial charge in [-0.25, -0.2) is 8.78 Å². The monoisotopic (exact) mass is 444 g/mol. The Morgan fingerprint density at radius 2 is 1.72 bits per heavy atom. The summed E-state index contributed by atoms with van der Waals surface area (Å²) in [6, 6.07) is 0. The van der Waals surface area contributed by atoms with Gasteiger partial charge in [0, 0.05) is 11.1 Å². The third-order valence-corrected chi connectivity index (χ3v) is 5.50. The summed E-state index contributed by atoms with van der Waals surface area (Å²) in [5.41, 5.74) is -1.58. The number of esters is 1. The van der Waals surface area contributed by atoms with Crippen LogP contribution in [-0.2, 0) is 22.6 Å². The molecule has 1 fully saturated rings. The highest BCUT2D eigenvalue weighted by molar-refractivity contribution is 6.30. The van der Waals surface area contributed by atoms with E-state index in [1.807, 2.05) is 0 Å². The first-order valence-electron chi connectivity index (χ1n) is 8.62. The minimum absolute atomic E-state index is 0.0340. The van der Waals surface area contributed by atoms with Gasteiger partial charge in [0.15, 0.2) is 17.4 Å². The van der Waals surface area contributed by atoms with E-state index in [9.17, 15) is 31.1 Å². The summed E-state index contributed by atoms with van der Waals surface area (Å²) >= 11 is 5.23. The van der Waals surface area contributed by atoms with Crippen molar-refractivity contribution in [1.82, 2.24) is 0 Å². The van der Waals surface area contributed by atoms with E-state index in [-0.39, 0.29) is 12.0 Å². The van der Waals surface area contributed by atoms with E-state index >= 15 is 0 Å².